The molecule has 2 N–H and O–H groups in total. The van der Waals surface area contributed by atoms with Gasteiger partial charge < -0.3 is 5.73 Å². The minimum atomic E-state index is -0.983. The number of halogens is 2. The van der Waals surface area contributed by atoms with Crippen LogP contribution >= 0.6 is 27.5 Å². The second kappa shape index (κ2) is 4.57. The molecule has 14 heavy (non-hydrogen) atoms. The number of nitrogens with two attached hydrogens (primary N) is 1. The van der Waals surface area contributed by atoms with Gasteiger partial charge in [-0.25, -0.2) is 0 Å². The maximum atomic E-state index is 11.5. The van der Waals surface area contributed by atoms with Crippen LogP contribution in [0.5, 0.6) is 0 Å². The van der Waals surface area contributed by atoms with Gasteiger partial charge in [-0.3, -0.25) is 9.59 Å². The van der Waals surface area contributed by atoms with E-state index in [9.17, 15) is 9.59 Å². The normalized spacial score (nSPS) is 12.1. The molecule has 0 saturated carbocycles. The van der Waals surface area contributed by atoms with E-state index >= 15 is 0 Å². The molecule has 0 saturated heterocycles. The first-order valence-electron chi connectivity index (χ1n) is 3.75. The fourth-order valence-corrected chi connectivity index (χ4v) is 1.28. The maximum absolute atomic E-state index is 11.5. The number of carbonyl (C=O) groups excluding carboxylic acids is 2. The molecule has 1 amide bonds. The highest BCUT2D eigenvalue weighted by atomic mass is 79.9. The number of carbonyl (C=O) groups is 2. The van der Waals surface area contributed by atoms with Crippen molar-refractivity contribution in [3.8, 4) is 0 Å². The molecule has 0 aliphatic heterocycles. The van der Waals surface area contributed by atoms with Gasteiger partial charge in [-0.05, 0) is 24.3 Å². The third-order valence-electron chi connectivity index (χ3n) is 1.61. The van der Waals surface area contributed by atoms with E-state index in [1.807, 2.05) is 0 Å². The average Bonchev–Trinajstić information content (AvgIpc) is 2.16. The lowest BCUT2D eigenvalue weighted by Crippen LogP contribution is -2.30. The Morgan fingerprint density at radius 3 is 2.21 bits per heavy atom. The molecule has 5 heteroatoms. The van der Waals surface area contributed by atoms with E-state index in [2.05, 4.69) is 15.9 Å². The number of hydrogen-bond acceptors (Lipinski definition) is 2. The van der Waals surface area contributed by atoms with Crippen LogP contribution in [-0.2, 0) is 4.79 Å². The van der Waals surface area contributed by atoms with E-state index in [0.29, 0.717) is 10.6 Å². The van der Waals surface area contributed by atoms with Gasteiger partial charge in [0.25, 0.3) is 0 Å². The summed E-state index contributed by atoms with van der Waals surface area (Å²) in [5.41, 5.74) is 5.37. The number of benzene rings is 1. The second-order valence-corrected chi connectivity index (χ2v) is 3.99. The zero-order valence-electron chi connectivity index (χ0n) is 7.04. The lowest BCUT2D eigenvalue weighted by Gasteiger charge is -2.04. The van der Waals surface area contributed by atoms with Crippen molar-refractivity contribution in [2.75, 3.05) is 0 Å². The molecule has 1 unspecified atom stereocenters. The molecular weight excluding hydrogens is 269 g/mol. The maximum Gasteiger partial charge on any atom is 0.239 e. The summed E-state index contributed by atoms with van der Waals surface area (Å²) < 4.78 is 0. The highest BCUT2D eigenvalue weighted by molar-refractivity contribution is 9.10. The Morgan fingerprint density at radius 1 is 1.29 bits per heavy atom. The van der Waals surface area contributed by atoms with Crippen LogP contribution < -0.4 is 5.73 Å². The zero-order valence-corrected chi connectivity index (χ0v) is 9.38. The van der Waals surface area contributed by atoms with Crippen molar-refractivity contribution in [3.05, 3.63) is 34.9 Å². The van der Waals surface area contributed by atoms with Crippen LogP contribution in [0.4, 0.5) is 0 Å². The highest BCUT2D eigenvalue weighted by Gasteiger charge is 2.21. The van der Waals surface area contributed by atoms with Crippen LogP contribution in [0.2, 0.25) is 5.02 Å². The Bertz CT molecular complexity index is 364. The smallest absolute Gasteiger partial charge is 0.239 e. The zero-order chi connectivity index (χ0) is 10.7. The monoisotopic (exact) mass is 275 g/mol. The SMILES string of the molecule is NC(=O)C(Br)C(=O)c1ccc(Cl)cc1. The average molecular weight is 277 g/mol. The van der Waals surface area contributed by atoms with Gasteiger partial charge in [0.15, 0.2) is 10.6 Å². The number of primary amides is 1. The fourth-order valence-electron chi connectivity index (χ4n) is 0.890. The summed E-state index contributed by atoms with van der Waals surface area (Å²) in [6.07, 6.45) is 0. The number of amides is 1. The Kier molecular flexibility index (Phi) is 3.66. The molecule has 0 fully saturated rings. The van der Waals surface area contributed by atoms with Gasteiger partial charge in [-0.2, -0.15) is 0 Å². The van der Waals surface area contributed by atoms with Crippen molar-refractivity contribution in [3.63, 3.8) is 0 Å². The van der Waals surface area contributed by atoms with Crippen LogP contribution in [0.3, 0.4) is 0 Å². The molecule has 0 aliphatic carbocycles. The van der Waals surface area contributed by atoms with Gasteiger partial charge in [0.2, 0.25) is 5.91 Å². The van der Waals surface area contributed by atoms with E-state index < -0.39 is 10.7 Å². The largest absolute Gasteiger partial charge is 0.368 e. The topological polar surface area (TPSA) is 60.2 Å². The van der Waals surface area contributed by atoms with Crippen molar-refractivity contribution in [2.45, 2.75) is 4.83 Å². The Balaban J connectivity index is 2.90. The summed E-state index contributed by atoms with van der Waals surface area (Å²) >= 11 is 8.55. The Hall–Kier alpha value is -0.870. The number of rotatable bonds is 3. The molecule has 0 aromatic heterocycles. The van der Waals surface area contributed by atoms with Crippen molar-refractivity contribution >= 4 is 39.2 Å². The van der Waals surface area contributed by atoms with Crippen molar-refractivity contribution in [1.29, 1.82) is 0 Å². The predicted molar refractivity (Wildman–Crippen MR) is 57.7 cm³/mol. The lowest BCUT2D eigenvalue weighted by atomic mass is 10.1. The third-order valence-corrected chi connectivity index (χ3v) is 2.73. The standard InChI is InChI=1S/C9H7BrClNO2/c10-7(9(12)14)8(13)5-1-3-6(11)4-2-5/h1-4,7H,(H2,12,14). The molecule has 1 atom stereocenters. The summed E-state index contributed by atoms with van der Waals surface area (Å²) in [6, 6.07) is 6.24. The molecule has 0 spiro atoms. The van der Waals surface area contributed by atoms with Crippen molar-refractivity contribution in [1.82, 2.24) is 0 Å². The molecule has 0 radical (unpaired) electrons. The third kappa shape index (κ3) is 2.56. The van der Waals surface area contributed by atoms with Crippen LogP contribution in [0, 0.1) is 0 Å². The van der Waals surface area contributed by atoms with E-state index in [1.165, 1.54) is 0 Å². The molecule has 0 aliphatic rings. The summed E-state index contributed by atoms with van der Waals surface area (Å²) in [7, 11) is 0. The number of alkyl halides is 1. The summed E-state index contributed by atoms with van der Waals surface area (Å²) in [5.74, 6) is -1.07. The first-order valence-corrected chi connectivity index (χ1v) is 5.05. The number of ketones is 1. The Labute approximate surface area is 94.4 Å². The first kappa shape index (κ1) is 11.2. The van der Waals surface area contributed by atoms with Crippen molar-refractivity contribution < 1.29 is 9.59 Å². The van der Waals surface area contributed by atoms with Gasteiger partial charge >= 0.3 is 0 Å². The lowest BCUT2D eigenvalue weighted by molar-refractivity contribution is -0.116. The van der Waals surface area contributed by atoms with Gasteiger partial charge in [-0.15, -0.1) is 0 Å². The van der Waals surface area contributed by atoms with Gasteiger partial charge in [-0.1, -0.05) is 27.5 Å². The van der Waals surface area contributed by atoms with Crippen LogP contribution in [0.1, 0.15) is 10.4 Å². The molecule has 0 bridgehead atoms. The van der Waals surface area contributed by atoms with E-state index in [-0.39, 0.29) is 5.78 Å². The van der Waals surface area contributed by atoms with Crippen LogP contribution in [-0.4, -0.2) is 16.5 Å². The van der Waals surface area contributed by atoms with E-state index in [1.54, 1.807) is 24.3 Å². The Morgan fingerprint density at radius 2 is 1.79 bits per heavy atom. The molecule has 1 aromatic carbocycles. The van der Waals surface area contributed by atoms with E-state index in [4.69, 9.17) is 17.3 Å². The molecule has 74 valence electrons. The predicted octanol–water partition coefficient (Wildman–Crippen LogP) is 1.77. The fraction of sp³-hybridized carbons (Fsp3) is 0.111. The molecule has 3 nitrogen and oxygen atoms in total. The number of Topliss-reactive ketones (excluding diaryl/α,β-unsaturated/α-hetero) is 1. The van der Waals surface area contributed by atoms with Crippen molar-refractivity contribution in [2.24, 2.45) is 5.73 Å². The minimum Gasteiger partial charge on any atom is -0.368 e. The number of hydrogen-bond donors (Lipinski definition) is 1. The van der Waals surface area contributed by atoms with Gasteiger partial charge in [0, 0.05) is 10.6 Å². The highest BCUT2D eigenvalue weighted by Crippen LogP contribution is 2.13. The molecule has 1 aromatic rings. The minimum absolute atomic E-state index is 0.367. The first-order chi connectivity index (χ1) is 6.52. The summed E-state index contributed by atoms with van der Waals surface area (Å²) in [5, 5.41) is 0.534. The van der Waals surface area contributed by atoms with Crippen LogP contribution in [0.25, 0.3) is 0 Å². The van der Waals surface area contributed by atoms with Crippen LogP contribution in [0.15, 0.2) is 24.3 Å². The molecular formula is C9H7BrClNO2. The van der Waals surface area contributed by atoms with E-state index in [0.717, 1.165) is 0 Å². The molecule has 0 heterocycles. The summed E-state index contributed by atoms with van der Waals surface area (Å²) in [6.45, 7) is 0. The summed E-state index contributed by atoms with van der Waals surface area (Å²) in [4.78, 5) is 21.2. The quantitative estimate of drug-likeness (QED) is 0.519. The molecule has 1 rings (SSSR count). The second-order valence-electron chi connectivity index (χ2n) is 2.64. The van der Waals surface area contributed by atoms with Gasteiger partial charge in [0.1, 0.15) is 0 Å². The van der Waals surface area contributed by atoms with Gasteiger partial charge in [0.05, 0.1) is 0 Å².